The van der Waals surface area contributed by atoms with Gasteiger partial charge in [-0.3, -0.25) is 9.59 Å². The van der Waals surface area contributed by atoms with Gasteiger partial charge in [0.05, 0.1) is 0 Å². The standard InChI is InChI=1S/C20H22FN3O3/c1-27-20(8-10-22-11-9-20)19(26)24-16-6-2-4-14(12-16)18(25)23-17-7-3-5-15(21)13-17/h2-7,12-13,22H,8-11H2,1H3,(H,23,25)(H,24,26). The molecule has 0 radical (unpaired) electrons. The first-order valence-corrected chi connectivity index (χ1v) is 8.77. The van der Waals surface area contributed by atoms with E-state index in [9.17, 15) is 14.0 Å². The van der Waals surface area contributed by atoms with Crippen LogP contribution in [0.3, 0.4) is 0 Å². The molecule has 1 aliphatic rings. The van der Waals surface area contributed by atoms with Gasteiger partial charge in [0.15, 0.2) is 0 Å². The summed E-state index contributed by atoms with van der Waals surface area (Å²) in [6.45, 7) is 1.41. The third kappa shape index (κ3) is 4.50. The average Bonchev–Trinajstić information content (AvgIpc) is 2.68. The zero-order chi connectivity index (χ0) is 19.3. The molecule has 27 heavy (non-hydrogen) atoms. The minimum Gasteiger partial charge on any atom is -0.368 e. The molecule has 3 rings (SSSR count). The largest absolute Gasteiger partial charge is 0.368 e. The van der Waals surface area contributed by atoms with Crippen molar-refractivity contribution in [2.24, 2.45) is 0 Å². The first-order chi connectivity index (χ1) is 13.0. The molecule has 7 heteroatoms. The van der Waals surface area contributed by atoms with Gasteiger partial charge in [0.2, 0.25) is 0 Å². The van der Waals surface area contributed by atoms with Gasteiger partial charge in [0.25, 0.3) is 11.8 Å². The van der Waals surface area contributed by atoms with Crippen LogP contribution in [0, 0.1) is 5.82 Å². The number of ether oxygens (including phenoxy) is 1. The van der Waals surface area contributed by atoms with Crippen LogP contribution in [0.25, 0.3) is 0 Å². The van der Waals surface area contributed by atoms with Crippen LogP contribution in [0.5, 0.6) is 0 Å². The summed E-state index contributed by atoms with van der Waals surface area (Å²) < 4.78 is 18.8. The van der Waals surface area contributed by atoms with Gasteiger partial charge in [-0.1, -0.05) is 12.1 Å². The van der Waals surface area contributed by atoms with Crippen molar-refractivity contribution in [2.45, 2.75) is 18.4 Å². The molecule has 1 heterocycles. The highest BCUT2D eigenvalue weighted by atomic mass is 19.1. The maximum absolute atomic E-state index is 13.3. The Balaban J connectivity index is 1.71. The lowest BCUT2D eigenvalue weighted by atomic mass is 9.91. The van der Waals surface area contributed by atoms with Gasteiger partial charge in [-0.05, 0) is 62.3 Å². The highest BCUT2D eigenvalue weighted by Gasteiger charge is 2.39. The molecule has 0 aliphatic carbocycles. The van der Waals surface area contributed by atoms with Crippen molar-refractivity contribution in [3.8, 4) is 0 Å². The second kappa shape index (κ2) is 8.28. The van der Waals surface area contributed by atoms with Crippen LogP contribution in [0.15, 0.2) is 48.5 Å². The third-order valence-corrected chi connectivity index (χ3v) is 4.68. The van der Waals surface area contributed by atoms with Crippen molar-refractivity contribution in [1.29, 1.82) is 0 Å². The molecule has 142 valence electrons. The van der Waals surface area contributed by atoms with Gasteiger partial charge in [-0.15, -0.1) is 0 Å². The fourth-order valence-electron chi connectivity index (χ4n) is 3.11. The first-order valence-electron chi connectivity index (χ1n) is 8.77. The van der Waals surface area contributed by atoms with Crippen molar-refractivity contribution < 1.29 is 18.7 Å². The number of benzene rings is 2. The smallest absolute Gasteiger partial charge is 0.256 e. The summed E-state index contributed by atoms with van der Waals surface area (Å²) in [5.41, 5.74) is 0.351. The van der Waals surface area contributed by atoms with Crippen LogP contribution in [0.4, 0.5) is 15.8 Å². The van der Waals surface area contributed by atoms with Crippen LogP contribution in [0.2, 0.25) is 0 Å². The average molecular weight is 371 g/mol. The molecule has 2 aromatic rings. The number of piperidine rings is 1. The number of methoxy groups -OCH3 is 1. The van der Waals surface area contributed by atoms with Gasteiger partial charge in [0, 0.05) is 24.0 Å². The van der Waals surface area contributed by atoms with E-state index in [-0.39, 0.29) is 11.8 Å². The van der Waals surface area contributed by atoms with E-state index >= 15 is 0 Å². The molecule has 0 saturated carbocycles. The molecule has 1 aliphatic heterocycles. The Morgan fingerprint density at radius 2 is 1.70 bits per heavy atom. The molecular formula is C20H22FN3O3. The quantitative estimate of drug-likeness (QED) is 0.755. The predicted octanol–water partition coefficient (Wildman–Crippen LogP) is 2.79. The molecule has 0 unspecified atom stereocenters. The topological polar surface area (TPSA) is 79.5 Å². The number of carbonyl (C=O) groups excluding carboxylic acids is 2. The lowest BCUT2D eigenvalue weighted by Crippen LogP contribution is -2.51. The van der Waals surface area contributed by atoms with E-state index in [0.29, 0.717) is 42.9 Å². The summed E-state index contributed by atoms with van der Waals surface area (Å²) in [5.74, 6) is -1.05. The highest BCUT2D eigenvalue weighted by Crippen LogP contribution is 2.25. The Labute approximate surface area is 157 Å². The molecule has 3 N–H and O–H groups in total. The van der Waals surface area contributed by atoms with Crippen molar-refractivity contribution in [3.63, 3.8) is 0 Å². The van der Waals surface area contributed by atoms with E-state index in [2.05, 4.69) is 16.0 Å². The molecular weight excluding hydrogens is 349 g/mol. The summed E-state index contributed by atoms with van der Waals surface area (Å²) in [6.07, 6.45) is 1.16. The summed E-state index contributed by atoms with van der Waals surface area (Å²) in [6, 6.07) is 12.3. The summed E-state index contributed by atoms with van der Waals surface area (Å²) in [5, 5.41) is 8.68. The lowest BCUT2D eigenvalue weighted by Gasteiger charge is -2.34. The number of amides is 2. The summed E-state index contributed by atoms with van der Waals surface area (Å²) in [4.78, 5) is 25.1. The van der Waals surface area contributed by atoms with Gasteiger partial charge in [-0.25, -0.2) is 4.39 Å². The molecule has 0 bridgehead atoms. The van der Waals surface area contributed by atoms with Gasteiger partial charge >= 0.3 is 0 Å². The molecule has 1 fully saturated rings. The van der Waals surface area contributed by atoms with E-state index in [1.54, 1.807) is 30.3 Å². The van der Waals surface area contributed by atoms with Crippen LogP contribution in [-0.4, -0.2) is 37.6 Å². The van der Waals surface area contributed by atoms with Crippen LogP contribution >= 0.6 is 0 Å². The number of nitrogens with one attached hydrogen (secondary N) is 3. The predicted molar refractivity (Wildman–Crippen MR) is 101 cm³/mol. The maximum atomic E-state index is 13.3. The van der Waals surface area contributed by atoms with Gasteiger partial charge in [0.1, 0.15) is 11.4 Å². The summed E-state index contributed by atoms with van der Waals surface area (Å²) in [7, 11) is 1.54. The Morgan fingerprint density at radius 3 is 2.37 bits per heavy atom. The van der Waals surface area contributed by atoms with Crippen molar-refractivity contribution in [2.75, 3.05) is 30.8 Å². The van der Waals surface area contributed by atoms with Crippen molar-refractivity contribution >= 4 is 23.2 Å². The zero-order valence-corrected chi connectivity index (χ0v) is 15.0. The maximum Gasteiger partial charge on any atom is 0.256 e. The number of hydrogen-bond acceptors (Lipinski definition) is 4. The fourth-order valence-corrected chi connectivity index (χ4v) is 3.11. The Kier molecular flexibility index (Phi) is 5.83. The molecule has 0 spiro atoms. The second-order valence-corrected chi connectivity index (χ2v) is 6.45. The monoisotopic (exact) mass is 371 g/mol. The minimum absolute atomic E-state index is 0.228. The lowest BCUT2D eigenvalue weighted by molar-refractivity contribution is -0.140. The fraction of sp³-hybridized carbons (Fsp3) is 0.300. The van der Waals surface area contributed by atoms with Crippen LogP contribution < -0.4 is 16.0 Å². The molecule has 6 nitrogen and oxygen atoms in total. The summed E-state index contributed by atoms with van der Waals surface area (Å²) >= 11 is 0. The first kappa shape index (κ1) is 19.0. The third-order valence-electron chi connectivity index (χ3n) is 4.68. The number of hydrogen-bond donors (Lipinski definition) is 3. The van der Waals surface area contributed by atoms with Gasteiger partial charge < -0.3 is 20.7 Å². The van der Waals surface area contributed by atoms with Gasteiger partial charge in [-0.2, -0.15) is 0 Å². The highest BCUT2D eigenvalue weighted by molar-refractivity contribution is 6.05. The number of rotatable bonds is 5. The molecule has 1 saturated heterocycles. The van der Waals surface area contributed by atoms with Crippen molar-refractivity contribution in [1.82, 2.24) is 5.32 Å². The Hall–Kier alpha value is -2.77. The Bertz CT molecular complexity index is 835. The van der Waals surface area contributed by atoms with Crippen LogP contribution in [0.1, 0.15) is 23.2 Å². The van der Waals surface area contributed by atoms with E-state index in [1.807, 2.05) is 0 Å². The van der Waals surface area contributed by atoms with E-state index in [0.717, 1.165) is 0 Å². The number of carbonyl (C=O) groups is 2. The van der Waals surface area contributed by atoms with E-state index in [1.165, 1.54) is 25.3 Å². The molecule has 2 aromatic carbocycles. The number of anilines is 2. The minimum atomic E-state index is -0.870. The van der Waals surface area contributed by atoms with Crippen LogP contribution in [-0.2, 0) is 9.53 Å². The number of halogens is 1. The zero-order valence-electron chi connectivity index (χ0n) is 15.0. The van der Waals surface area contributed by atoms with E-state index in [4.69, 9.17) is 4.74 Å². The van der Waals surface area contributed by atoms with Crippen molar-refractivity contribution in [3.05, 3.63) is 59.9 Å². The normalized spacial score (nSPS) is 15.8. The molecule has 2 amide bonds. The van der Waals surface area contributed by atoms with E-state index < -0.39 is 11.4 Å². The molecule has 0 aromatic heterocycles. The Morgan fingerprint density at radius 1 is 1.04 bits per heavy atom. The molecule has 0 atom stereocenters. The SMILES string of the molecule is COC1(C(=O)Nc2cccc(C(=O)Nc3cccc(F)c3)c2)CCNCC1. The second-order valence-electron chi connectivity index (χ2n) is 6.45.